The smallest absolute Gasteiger partial charge is 0.319 e. The first-order valence-electron chi connectivity index (χ1n) is 6.41. The maximum absolute atomic E-state index is 12.0. The molecule has 1 heterocycles. The Morgan fingerprint density at radius 1 is 1.56 bits per heavy atom. The first-order chi connectivity index (χ1) is 8.45. The maximum Gasteiger partial charge on any atom is 0.319 e. The number of ether oxygens (including phenoxy) is 1. The topological polar surface area (TPSA) is 66.8 Å². The Kier molecular flexibility index (Phi) is 6.25. The van der Waals surface area contributed by atoms with Gasteiger partial charge in [-0.15, -0.1) is 0 Å². The van der Waals surface area contributed by atoms with Crippen molar-refractivity contribution in [1.82, 2.24) is 4.90 Å². The van der Waals surface area contributed by atoms with Crippen molar-refractivity contribution in [1.29, 1.82) is 0 Å². The van der Waals surface area contributed by atoms with Crippen LogP contribution in [-0.4, -0.2) is 63.0 Å². The van der Waals surface area contributed by atoms with Crippen LogP contribution in [0.5, 0.6) is 0 Å². The molecule has 0 saturated carbocycles. The molecule has 0 aromatic rings. The summed E-state index contributed by atoms with van der Waals surface area (Å²) in [6.07, 6.45) is 0.276. The highest BCUT2D eigenvalue weighted by Crippen LogP contribution is 2.12. The molecule has 1 N–H and O–H groups in total. The van der Waals surface area contributed by atoms with E-state index in [1.54, 1.807) is 6.92 Å². The van der Waals surface area contributed by atoms with E-state index < -0.39 is 22.0 Å². The molecule has 1 aliphatic heterocycles. The van der Waals surface area contributed by atoms with E-state index in [4.69, 9.17) is 9.84 Å². The molecule has 0 aromatic heterocycles. The van der Waals surface area contributed by atoms with E-state index in [1.807, 2.05) is 0 Å². The number of carbonyl (C=O) groups is 1. The summed E-state index contributed by atoms with van der Waals surface area (Å²) in [5.74, 6) is -0.666. The van der Waals surface area contributed by atoms with Gasteiger partial charge in [-0.05, 0) is 20.3 Å². The Balaban J connectivity index is 2.51. The highest BCUT2D eigenvalue weighted by atomic mass is 32.2. The van der Waals surface area contributed by atoms with Crippen LogP contribution in [0.4, 0.5) is 0 Å². The lowest BCUT2D eigenvalue weighted by Gasteiger charge is -2.35. The molecule has 0 amide bonds. The summed E-state index contributed by atoms with van der Waals surface area (Å²) in [6, 6.07) is 0.436. The molecule has 18 heavy (non-hydrogen) atoms. The second-order valence-corrected chi connectivity index (χ2v) is 6.53. The lowest BCUT2D eigenvalue weighted by molar-refractivity contribution is -0.136. The average Bonchev–Trinajstić information content (AvgIpc) is 2.29. The normalized spacial score (nSPS) is 25.0. The van der Waals surface area contributed by atoms with Gasteiger partial charge in [-0.25, -0.2) is 0 Å². The van der Waals surface area contributed by atoms with Crippen LogP contribution in [0.3, 0.4) is 0 Å². The van der Waals surface area contributed by atoms with Crippen molar-refractivity contribution in [3.8, 4) is 0 Å². The Labute approximate surface area is 111 Å². The molecule has 6 heteroatoms. The predicted octanol–water partition coefficient (Wildman–Crippen LogP) is 0.708. The molecule has 0 aliphatic carbocycles. The molecule has 0 spiro atoms. The van der Waals surface area contributed by atoms with Crippen molar-refractivity contribution in [2.75, 3.05) is 25.4 Å². The van der Waals surface area contributed by atoms with Crippen molar-refractivity contribution in [3.05, 3.63) is 0 Å². The third-order valence-electron chi connectivity index (χ3n) is 3.21. The SMILES string of the molecule is CCC(C(=O)O)S(=O)CC1CN(C(C)C)CCO1. The predicted molar refractivity (Wildman–Crippen MR) is 71.2 cm³/mol. The molecule has 3 atom stereocenters. The van der Waals surface area contributed by atoms with E-state index in [9.17, 15) is 9.00 Å². The van der Waals surface area contributed by atoms with Gasteiger partial charge in [0.2, 0.25) is 0 Å². The fourth-order valence-corrected chi connectivity index (χ4v) is 3.48. The Bertz CT molecular complexity index is 308. The summed E-state index contributed by atoms with van der Waals surface area (Å²) in [4.78, 5) is 13.2. The zero-order valence-electron chi connectivity index (χ0n) is 11.3. The monoisotopic (exact) mass is 277 g/mol. The summed E-state index contributed by atoms with van der Waals surface area (Å²) in [5, 5.41) is 8.19. The number of carboxylic acid groups (broad SMARTS) is 1. The van der Waals surface area contributed by atoms with Crippen molar-refractivity contribution in [2.24, 2.45) is 0 Å². The van der Waals surface area contributed by atoms with Crippen LogP contribution in [0.2, 0.25) is 0 Å². The minimum Gasteiger partial charge on any atom is -0.480 e. The molecule has 1 fully saturated rings. The standard InChI is InChI=1S/C12H23NO4S/c1-4-11(12(14)15)18(16)8-10-7-13(9(2)3)5-6-17-10/h9-11H,4-8H2,1-3H3,(H,14,15). The van der Waals surface area contributed by atoms with Gasteiger partial charge in [0.1, 0.15) is 5.25 Å². The number of rotatable bonds is 6. The second kappa shape index (κ2) is 7.21. The number of nitrogens with zero attached hydrogens (tertiary/aromatic N) is 1. The van der Waals surface area contributed by atoms with E-state index in [0.29, 0.717) is 24.8 Å². The first kappa shape index (κ1) is 15.6. The fourth-order valence-electron chi connectivity index (χ4n) is 2.08. The van der Waals surface area contributed by atoms with E-state index >= 15 is 0 Å². The van der Waals surface area contributed by atoms with E-state index in [1.165, 1.54) is 0 Å². The molecule has 106 valence electrons. The van der Waals surface area contributed by atoms with Crippen molar-refractivity contribution < 1.29 is 18.8 Å². The third-order valence-corrected chi connectivity index (χ3v) is 5.08. The van der Waals surface area contributed by atoms with Crippen LogP contribution in [0.1, 0.15) is 27.2 Å². The van der Waals surface area contributed by atoms with Crippen molar-refractivity contribution in [3.63, 3.8) is 0 Å². The lowest BCUT2D eigenvalue weighted by Crippen LogP contribution is -2.48. The molecular weight excluding hydrogens is 254 g/mol. The number of morpholine rings is 1. The molecule has 3 unspecified atom stereocenters. The summed E-state index contributed by atoms with van der Waals surface area (Å²) >= 11 is 0. The zero-order valence-corrected chi connectivity index (χ0v) is 12.1. The Morgan fingerprint density at radius 3 is 2.72 bits per heavy atom. The molecule has 0 aromatic carbocycles. The van der Waals surface area contributed by atoms with Gasteiger partial charge in [0.25, 0.3) is 0 Å². The first-order valence-corrected chi connectivity index (χ1v) is 7.79. The van der Waals surface area contributed by atoms with Gasteiger partial charge in [-0.3, -0.25) is 13.9 Å². The van der Waals surface area contributed by atoms with Crippen LogP contribution in [0.25, 0.3) is 0 Å². The minimum atomic E-state index is -1.36. The van der Waals surface area contributed by atoms with Gasteiger partial charge in [0.05, 0.1) is 18.5 Å². The summed E-state index contributed by atoms with van der Waals surface area (Å²) < 4.78 is 17.6. The van der Waals surface area contributed by atoms with Gasteiger partial charge in [0, 0.05) is 29.9 Å². The number of aliphatic carboxylic acids is 1. The number of carboxylic acids is 1. The quantitative estimate of drug-likeness (QED) is 0.774. The zero-order chi connectivity index (χ0) is 13.7. The van der Waals surface area contributed by atoms with Gasteiger partial charge >= 0.3 is 5.97 Å². The summed E-state index contributed by atoms with van der Waals surface area (Å²) in [6.45, 7) is 8.23. The van der Waals surface area contributed by atoms with Gasteiger partial charge in [0.15, 0.2) is 0 Å². The van der Waals surface area contributed by atoms with Crippen molar-refractivity contribution >= 4 is 16.8 Å². The van der Waals surface area contributed by atoms with Crippen LogP contribution in [0, 0.1) is 0 Å². The molecule has 0 radical (unpaired) electrons. The van der Waals surface area contributed by atoms with Crippen LogP contribution < -0.4 is 0 Å². The largest absolute Gasteiger partial charge is 0.480 e. The highest BCUT2D eigenvalue weighted by Gasteiger charge is 2.29. The third kappa shape index (κ3) is 4.33. The second-order valence-electron chi connectivity index (χ2n) is 4.86. The molecule has 1 saturated heterocycles. The molecule has 5 nitrogen and oxygen atoms in total. The number of hydrogen-bond acceptors (Lipinski definition) is 4. The van der Waals surface area contributed by atoms with E-state index in [2.05, 4.69) is 18.7 Å². The molecular formula is C12H23NO4S. The van der Waals surface area contributed by atoms with Gasteiger partial charge < -0.3 is 9.84 Å². The van der Waals surface area contributed by atoms with E-state index in [-0.39, 0.29) is 6.10 Å². The minimum absolute atomic E-state index is 0.115. The van der Waals surface area contributed by atoms with Crippen LogP contribution in [0.15, 0.2) is 0 Å². The molecule has 1 aliphatic rings. The average molecular weight is 277 g/mol. The Hall–Kier alpha value is -0.460. The lowest BCUT2D eigenvalue weighted by atomic mass is 10.2. The maximum atomic E-state index is 12.0. The highest BCUT2D eigenvalue weighted by molar-refractivity contribution is 7.86. The Morgan fingerprint density at radius 2 is 2.22 bits per heavy atom. The van der Waals surface area contributed by atoms with Crippen LogP contribution in [-0.2, 0) is 20.3 Å². The van der Waals surface area contributed by atoms with Crippen LogP contribution >= 0.6 is 0 Å². The van der Waals surface area contributed by atoms with E-state index in [0.717, 1.165) is 13.1 Å². The summed E-state index contributed by atoms with van der Waals surface area (Å²) in [5.41, 5.74) is 0. The molecule has 1 rings (SSSR count). The molecule has 0 bridgehead atoms. The van der Waals surface area contributed by atoms with Crippen molar-refractivity contribution in [2.45, 2.75) is 44.6 Å². The van der Waals surface area contributed by atoms with Gasteiger partial charge in [-0.1, -0.05) is 6.92 Å². The number of hydrogen-bond donors (Lipinski definition) is 1. The van der Waals surface area contributed by atoms with Gasteiger partial charge in [-0.2, -0.15) is 0 Å². The fraction of sp³-hybridized carbons (Fsp3) is 0.917. The summed E-state index contributed by atoms with van der Waals surface area (Å²) in [7, 11) is -1.36.